The van der Waals surface area contributed by atoms with Crippen LogP contribution in [0.2, 0.25) is 0 Å². The summed E-state index contributed by atoms with van der Waals surface area (Å²) in [6, 6.07) is 0. The van der Waals surface area contributed by atoms with Gasteiger partial charge < -0.3 is 0 Å². The third kappa shape index (κ3) is 3.98. The number of thioether (sulfide) groups is 2. The Bertz CT molecular complexity index is 137. The molecule has 2 heteroatoms. The lowest BCUT2D eigenvalue weighted by Crippen LogP contribution is -2.20. The summed E-state index contributed by atoms with van der Waals surface area (Å²) in [6.07, 6.45) is 10.7. The highest BCUT2D eigenvalue weighted by Crippen LogP contribution is 2.34. The highest BCUT2D eigenvalue weighted by molar-refractivity contribution is 8.03. The van der Waals surface area contributed by atoms with Crippen molar-refractivity contribution in [2.45, 2.75) is 61.2 Å². The molecule has 0 aromatic rings. The van der Waals surface area contributed by atoms with Crippen molar-refractivity contribution in [3.05, 3.63) is 6.92 Å². The second-order valence-electron chi connectivity index (χ2n) is 4.12. The Morgan fingerprint density at radius 3 is 2.43 bits per heavy atom. The fraction of sp³-hybridized carbons (Fsp3) is 0.917. The molecule has 0 aromatic carbocycles. The van der Waals surface area contributed by atoms with Gasteiger partial charge in [0.25, 0.3) is 0 Å². The summed E-state index contributed by atoms with van der Waals surface area (Å²) in [5, 5.41) is 2.26. The normalized spacial score (nSPS) is 23.3. The van der Waals surface area contributed by atoms with Crippen molar-refractivity contribution >= 4 is 23.5 Å². The lowest BCUT2D eigenvalue weighted by Gasteiger charge is -2.24. The van der Waals surface area contributed by atoms with E-state index in [0.29, 0.717) is 5.25 Å². The van der Waals surface area contributed by atoms with Gasteiger partial charge in [0.05, 0.1) is 12.2 Å². The molecule has 0 heterocycles. The molecule has 0 spiro atoms. The Morgan fingerprint density at radius 2 is 1.93 bits per heavy atom. The van der Waals surface area contributed by atoms with Crippen LogP contribution >= 0.6 is 23.5 Å². The van der Waals surface area contributed by atoms with Crippen LogP contribution in [0.1, 0.15) is 45.4 Å². The average Bonchev–Trinajstić information content (AvgIpc) is 2.21. The molecule has 0 radical (unpaired) electrons. The predicted molar refractivity (Wildman–Crippen MR) is 71.2 cm³/mol. The molecule has 2 unspecified atom stereocenters. The van der Waals surface area contributed by atoms with E-state index in [2.05, 4.69) is 31.9 Å². The smallest absolute Gasteiger partial charge is 0.152 e. The Labute approximate surface area is 98.0 Å². The molecular weight excluding hydrogens is 208 g/mol. The van der Waals surface area contributed by atoms with Gasteiger partial charge in [-0.25, -0.2) is 0 Å². The molecular formula is C12H23S2+. The summed E-state index contributed by atoms with van der Waals surface area (Å²) >= 11 is 4.13. The molecule has 0 aliphatic heterocycles. The molecule has 1 fully saturated rings. The highest BCUT2D eigenvalue weighted by Gasteiger charge is 2.25. The van der Waals surface area contributed by atoms with E-state index >= 15 is 0 Å². The van der Waals surface area contributed by atoms with E-state index in [-0.39, 0.29) is 0 Å². The predicted octanol–water partition coefficient (Wildman–Crippen LogP) is 4.40. The first-order valence-electron chi connectivity index (χ1n) is 5.79. The Hall–Kier alpha value is 0.570. The first-order valence-corrected chi connectivity index (χ1v) is 8.02. The zero-order chi connectivity index (χ0) is 10.4. The van der Waals surface area contributed by atoms with Crippen LogP contribution in [0.4, 0.5) is 0 Å². The number of hydrogen-bond acceptors (Lipinski definition) is 2. The molecule has 0 saturated heterocycles. The van der Waals surface area contributed by atoms with Gasteiger partial charge >= 0.3 is 0 Å². The van der Waals surface area contributed by atoms with Gasteiger partial charge in [-0.05, 0) is 25.5 Å². The fourth-order valence-electron chi connectivity index (χ4n) is 2.12. The van der Waals surface area contributed by atoms with Crippen molar-refractivity contribution in [3.63, 3.8) is 0 Å². The zero-order valence-electron chi connectivity index (χ0n) is 9.50. The van der Waals surface area contributed by atoms with Crippen LogP contribution in [-0.4, -0.2) is 22.0 Å². The van der Waals surface area contributed by atoms with Gasteiger partial charge in [-0.15, -0.1) is 11.8 Å². The molecule has 0 nitrogen and oxygen atoms in total. The summed E-state index contributed by atoms with van der Waals surface area (Å²) in [5.41, 5.74) is 0. The summed E-state index contributed by atoms with van der Waals surface area (Å²) in [4.78, 5) is 0. The maximum absolute atomic E-state index is 4.32. The minimum atomic E-state index is 0.595. The van der Waals surface area contributed by atoms with Crippen molar-refractivity contribution in [1.29, 1.82) is 0 Å². The van der Waals surface area contributed by atoms with Gasteiger partial charge in [0.2, 0.25) is 0 Å². The molecule has 1 aliphatic rings. The fourth-order valence-corrected chi connectivity index (χ4v) is 4.75. The van der Waals surface area contributed by atoms with Crippen molar-refractivity contribution in [2.75, 3.05) is 6.26 Å². The third-order valence-corrected chi connectivity index (χ3v) is 6.01. The number of hydrogen-bond donors (Lipinski definition) is 0. The maximum atomic E-state index is 4.32. The van der Waals surface area contributed by atoms with Gasteiger partial charge in [0, 0.05) is 5.25 Å². The molecule has 1 saturated carbocycles. The minimum absolute atomic E-state index is 0.595. The third-order valence-electron chi connectivity index (χ3n) is 3.04. The van der Waals surface area contributed by atoms with E-state index in [1.54, 1.807) is 0 Å². The second-order valence-corrected chi connectivity index (χ2v) is 6.74. The lowest BCUT2D eigenvalue weighted by atomic mass is 10.0. The molecule has 2 atom stereocenters. The van der Waals surface area contributed by atoms with Crippen LogP contribution in [0.5, 0.6) is 0 Å². The Kier molecular flexibility index (Phi) is 6.27. The van der Waals surface area contributed by atoms with Gasteiger partial charge in [-0.3, -0.25) is 0 Å². The standard InChI is InChI=1S/C12H23S2/c1-4-12(13-3)10(2)14-11-8-6-5-7-9-11/h10-12H,2,4-9H2,1,3H3/q+1. The van der Waals surface area contributed by atoms with E-state index < -0.39 is 0 Å². The minimum Gasteiger partial charge on any atom is -0.156 e. The van der Waals surface area contributed by atoms with Gasteiger partial charge in [0.1, 0.15) is 0 Å². The molecule has 14 heavy (non-hydrogen) atoms. The molecule has 0 amide bonds. The van der Waals surface area contributed by atoms with E-state index in [0.717, 1.165) is 10.5 Å². The lowest BCUT2D eigenvalue weighted by molar-refractivity contribution is 0.515. The van der Waals surface area contributed by atoms with Crippen LogP contribution in [0.15, 0.2) is 0 Å². The van der Waals surface area contributed by atoms with Crippen LogP contribution in [0.25, 0.3) is 0 Å². The van der Waals surface area contributed by atoms with Crippen LogP contribution in [-0.2, 0) is 0 Å². The Morgan fingerprint density at radius 1 is 1.29 bits per heavy atom. The highest BCUT2D eigenvalue weighted by atomic mass is 32.2. The summed E-state index contributed by atoms with van der Waals surface area (Å²) in [7, 11) is 0. The monoisotopic (exact) mass is 231 g/mol. The van der Waals surface area contributed by atoms with Gasteiger partial charge in [0.15, 0.2) is 5.25 Å². The average molecular weight is 231 g/mol. The number of rotatable bonds is 5. The summed E-state index contributed by atoms with van der Waals surface area (Å²) in [6.45, 7) is 6.59. The van der Waals surface area contributed by atoms with Crippen LogP contribution in [0, 0.1) is 6.92 Å². The van der Waals surface area contributed by atoms with E-state index in [9.17, 15) is 0 Å². The van der Waals surface area contributed by atoms with E-state index in [4.69, 9.17) is 0 Å². The van der Waals surface area contributed by atoms with E-state index in [1.807, 2.05) is 11.8 Å². The molecule has 82 valence electrons. The first kappa shape index (κ1) is 12.6. The maximum Gasteiger partial charge on any atom is 0.152 e. The molecule has 1 rings (SSSR count). The zero-order valence-corrected chi connectivity index (χ0v) is 11.1. The summed E-state index contributed by atoms with van der Waals surface area (Å²) in [5.74, 6) is 0. The van der Waals surface area contributed by atoms with E-state index in [1.165, 1.54) is 38.5 Å². The molecule has 0 N–H and O–H groups in total. The quantitative estimate of drug-likeness (QED) is 0.643. The molecule has 0 aromatic heterocycles. The van der Waals surface area contributed by atoms with Crippen molar-refractivity contribution in [2.24, 2.45) is 0 Å². The first-order chi connectivity index (χ1) is 6.77. The SMILES string of the molecule is [CH2+]C(SC1CCCCC1)C(CC)SC. The van der Waals surface area contributed by atoms with Crippen molar-refractivity contribution in [3.8, 4) is 0 Å². The van der Waals surface area contributed by atoms with Gasteiger partial charge in [-0.1, -0.05) is 26.2 Å². The van der Waals surface area contributed by atoms with Crippen molar-refractivity contribution < 1.29 is 0 Å². The Balaban J connectivity index is 2.26. The largest absolute Gasteiger partial charge is 0.156 e. The second kappa shape index (κ2) is 6.95. The topological polar surface area (TPSA) is 0 Å². The summed E-state index contributed by atoms with van der Waals surface area (Å²) < 4.78 is 0. The van der Waals surface area contributed by atoms with Crippen molar-refractivity contribution in [1.82, 2.24) is 0 Å². The van der Waals surface area contributed by atoms with Gasteiger partial charge in [-0.2, -0.15) is 11.8 Å². The molecule has 1 aliphatic carbocycles. The molecule has 0 bridgehead atoms. The van der Waals surface area contributed by atoms with Crippen LogP contribution in [0.3, 0.4) is 0 Å². The van der Waals surface area contributed by atoms with Crippen LogP contribution < -0.4 is 0 Å².